The lowest BCUT2D eigenvalue weighted by molar-refractivity contribution is 0.110. The highest BCUT2D eigenvalue weighted by molar-refractivity contribution is 8.00. The first kappa shape index (κ1) is 31.3. The van der Waals surface area contributed by atoms with E-state index in [2.05, 4.69) is 34.1 Å². The Morgan fingerprint density at radius 2 is 1.41 bits per heavy atom. The molecule has 1 unspecified atom stereocenters. The summed E-state index contributed by atoms with van der Waals surface area (Å²) in [5.41, 5.74) is 3.82. The van der Waals surface area contributed by atoms with E-state index in [1.54, 1.807) is 14.2 Å². The molecule has 0 bridgehead atoms. The first-order valence-electron chi connectivity index (χ1n) is 13.3. The van der Waals surface area contributed by atoms with Crippen LogP contribution in [0, 0.1) is 11.6 Å². The van der Waals surface area contributed by atoms with Gasteiger partial charge in [0, 0.05) is 64.3 Å². The predicted molar refractivity (Wildman–Crippen MR) is 158 cm³/mol. The minimum Gasteiger partial charge on any atom is -0.383 e. The van der Waals surface area contributed by atoms with Crippen molar-refractivity contribution in [3.05, 3.63) is 111 Å². The first-order chi connectivity index (χ1) is 19.6. The van der Waals surface area contributed by atoms with Crippen LogP contribution in [0.2, 0.25) is 5.02 Å². The number of halogens is 3. The monoisotopic (exact) mass is 604 g/mol. The summed E-state index contributed by atoms with van der Waals surface area (Å²) in [7, 11) is -0.374. The molecular weight excluding hydrogens is 570 g/mol. The zero-order valence-electron chi connectivity index (χ0n) is 23.4. The second kappa shape index (κ2) is 14.0. The van der Waals surface area contributed by atoms with Crippen LogP contribution in [-0.2, 0) is 25.9 Å². The molecule has 6 nitrogen and oxygen atoms in total. The third-order valence-electron chi connectivity index (χ3n) is 7.08. The molecule has 0 spiro atoms. The summed E-state index contributed by atoms with van der Waals surface area (Å²) in [5, 5.41) is 0.617. The predicted octanol–water partition coefficient (Wildman–Crippen LogP) is 5.57. The number of ether oxygens (including phenoxy) is 2. The van der Waals surface area contributed by atoms with Crippen molar-refractivity contribution < 1.29 is 26.7 Å². The van der Waals surface area contributed by atoms with Crippen molar-refractivity contribution in [1.29, 1.82) is 0 Å². The number of methoxy groups -OCH3 is 2. The molecule has 1 heterocycles. The molecule has 0 saturated carbocycles. The van der Waals surface area contributed by atoms with Gasteiger partial charge < -0.3 is 9.47 Å². The summed E-state index contributed by atoms with van der Waals surface area (Å²) in [5.74, 6) is -1.64. The van der Waals surface area contributed by atoms with E-state index in [0.29, 0.717) is 36.9 Å². The van der Waals surface area contributed by atoms with Gasteiger partial charge in [0.1, 0.15) is 11.6 Å². The third-order valence-corrected chi connectivity index (χ3v) is 8.60. The van der Waals surface area contributed by atoms with E-state index in [9.17, 15) is 17.2 Å². The molecule has 3 aromatic rings. The number of likely N-dealkylation sites (tertiary alicyclic amines) is 1. The van der Waals surface area contributed by atoms with Gasteiger partial charge in [0.25, 0.3) is 0 Å². The van der Waals surface area contributed by atoms with Crippen molar-refractivity contribution in [3.63, 3.8) is 0 Å². The fraction of sp³-hybridized carbons (Fsp3) is 0.355. The maximum absolute atomic E-state index is 14.0. The molecule has 220 valence electrons. The van der Waals surface area contributed by atoms with Crippen molar-refractivity contribution in [2.45, 2.75) is 12.6 Å². The summed E-state index contributed by atoms with van der Waals surface area (Å²) >= 11 is 6.17. The Labute approximate surface area is 246 Å². The average molecular weight is 605 g/mol. The van der Waals surface area contributed by atoms with Gasteiger partial charge in [-0.3, -0.25) is 9.80 Å². The second-order valence-corrected chi connectivity index (χ2v) is 12.6. The normalized spacial score (nSPS) is 14.8. The third kappa shape index (κ3) is 8.22. The number of sulfone groups is 1. The Morgan fingerprint density at radius 1 is 0.902 bits per heavy atom. The lowest BCUT2D eigenvalue weighted by Gasteiger charge is -2.42. The first-order valence-corrected chi connectivity index (χ1v) is 15.5. The maximum atomic E-state index is 14.0. The van der Waals surface area contributed by atoms with Crippen molar-refractivity contribution in [2.75, 3.05) is 59.9 Å². The van der Waals surface area contributed by atoms with Crippen molar-refractivity contribution in [3.8, 4) is 0 Å². The molecule has 1 atom stereocenters. The fourth-order valence-electron chi connectivity index (χ4n) is 5.17. The molecule has 0 aromatic heterocycles. The van der Waals surface area contributed by atoms with Gasteiger partial charge in [-0.25, -0.2) is 17.2 Å². The Kier molecular flexibility index (Phi) is 10.7. The molecule has 1 fully saturated rings. The van der Waals surface area contributed by atoms with Crippen LogP contribution in [0.25, 0.3) is 4.91 Å². The number of benzene rings is 3. The highest BCUT2D eigenvalue weighted by atomic mass is 35.5. The van der Waals surface area contributed by atoms with Crippen LogP contribution in [0.3, 0.4) is 0 Å². The van der Waals surface area contributed by atoms with Crippen LogP contribution in [0.5, 0.6) is 0 Å². The Bertz CT molecular complexity index is 1430. The lowest BCUT2D eigenvalue weighted by atomic mass is 9.91. The van der Waals surface area contributed by atoms with Gasteiger partial charge in [-0.15, -0.1) is 0 Å². The molecule has 3 aromatic carbocycles. The SMILES string of the molecule is COCCN(CCOC)Cc1ccc(C(c2ccc(Cl)cc2)N2CC(=C(c3cc(F)cc(F)c3)S(C)(=O)=O)C2)cc1. The van der Waals surface area contributed by atoms with Gasteiger partial charge in [-0.05, 0) is 52.1 Å². The van der Waals surface area contributed by atoms with Crippen LogP contribution >= 0.6 is 11.6 Å². The number of rotatable bonds is 13. The van der Waals surface area contributed by atoms with Gasteiger partial charge in [0.05, 0.1) is 24.2 Å². The largest absolute Gasteiger partial charge is 0.383 e. The number of hydrogen-bond acceptors (Lipinski definition) is 6. The zero-order valence-corrected chi connectivity index (χ0v) is 25.0. The molecule has 0 radical (unpaired) electrons. The molecular formula is C31H35ClF2N2O4S. The van der Waals surface area contributed by atoms with Gasteiger partial charge in [-0.2, -0.15) is 0 Å². The Morgan fingerprint density at radius 3 is 1.90 bits per heavy atom. The van der Waals surface area contributed by atoms with E-state index in [0.717, 1.165) is 60.8 Å². The van der Waals surface area contributed by atoms with Gasteiger partial charge in [0.2, 0.25) is 0 Å². The highest BCUT2D eigenvalue weighted by Crippen LogP contribution is 2.38. The van der Waals surface area contributed by atoms with E-state index in [-0.39, 0.29) is 16.5 Å². The zero-order chi connectivity index (χ0) is 29.6. The molecule has 10 heteroatoms. The number of nitrogens with zero attached hydrogens (tertiary/aromatic N) is 2. The maximum Gasteiger partial charge on any atom is 0.176 e. The minimum atomic E-state index is -3.75. The fourth-order valence-corrected chi connectivity index (χ4v) is 6.49. The summed E-state index contributed by atoms with van der Waals surface area (Å²) in [6.45, 7) is 4.24. The number of hydrogen-bond donors (Lipinski definition) is 0. The average Bonchev–Trinajstić information content (AvgIpc) is 2.89. The van der Waals surface area contributed by atoms with Crippen molar-refractivity contribution >= 4 is 26.3 Å². The topological polar surface area (TPSA) is 59.1 Å². The van der Waals surface area contributed by atoms with E-state index >= 15 is 0 Å². The lowest BCUT2D eigenvalue weighted by Crippen LogP contribution is -2.44. The van der Waals surface area contributed by atoms with Crippen molar-refractivity contribution in [2.24, 2.45) is 0 Å². The molecule has 0 aliphatic carbocycles. The van der Waals surface area contributed by atoms with Gasteiger partial charge in [-0.1, -0.05) is 48.0 Å². The van der Waals surface area contributed by atoms with Crippen LogP contribution in [0.4, 0.5) is 8.78 Å². The molecule has 0 amide bonds. The molecule has 41 heavy (non-hydrogen) atoms. The van der Waals surface area contributed by atoms with E-state index in [1.807, 2.05) is 24.3 Å². The minimum absolute atomic E-state index is 0.0236. The van der Waals surface area contributed by atoms with E-state index in [4.69, 9.17) is 21.1 Å². The Balaban J connectivity index is 1.62. The Hall–Kier alpha value is -2.66. The van der Waals surface area contributed by atoms with Gasteiger partial charge >= 0.3 is 0 Å². The molecule has 0 N–H and O–H groups in total. The van der Waals surface area contributed by atoms with E-state index < -0.39 is 21.5 Å². The molecule has 1 saturated heterocycles. The standard InChI is InChI=1S/C31H35ClF2N2O4S/c1-39-14-12-35(13-15-40-2)19-22-4-6-23(7-5-22)30(24-8-10-27(32)11-9-24)36-20-26(21-36)31(41(3,37)38)25-16-28(33)18-29(34)17-25/h4-11,16-18,30H,12-15,19-21H2,1-3H3. The summed E-state index contributed by atoms with van der Waals surface area (Å²) in [6, 6.07) is 18.6. The smallest absolute Gasteiger partial charge is 0.176 e. The van der Waals surface area contributed by atoms with Gasteiger partial charge in [0.15, 0.2) is 9.84 Å². The summed E-state index contributed by atoms with van der Waals surface area (Å²) in [4.78, 5) is 4.38. The van der Waals surface area contributed by atoms with Crippen molar-refractivity contribution in [1.82, 2.24) is 9.80 Å². The van der Waals surface area contributed by atoms with Crippen LogP contribution in [0.1, 0.15) is 28.3 Å². The quantitative estimate of drug-likeness (QED) is 0.254. The molecule has 4 rings (SSSR count). The van der Waals surface area contributed by atoms with Crippen LogP contribution in [0.15, 0.2) is 72.3 Å². The molecule has 1 aliphatic rings. The van der Waals surface area contributed by atoms with E-state index in [1.165, 1.54) is 0 Å². The molecule has 1 aliphatic heterocycles. The second-order valence-electron chi connectivity index (χ2n) is 10.2. The highest BCUT2D eigenvalue weighted by Gasteiger charge is 2.35. The summed E-state index contributed by atoms with van der Waals surface area (Å²) in [6.07, 6.45) is 1.07. The van der Waals surface area contributed by atoms with Crippen LogP contribution < -0.4 is 0 Å². The summed E-state index contributed by atoms with van der Waals surface area (Å²) < 4.78 is 64.0. The van der Waals surface area contributed by atoms with Crippen LogP contribution in [-0.4, -0.2) is 78.1 Å².